The predicted octanol–water partition coefficient (Wildman–Crippen LogP) is 6.06. The van der Waals surface area contributed by atoms with E-state index in [2.05, 4.69) is 6.92 Å². The molecule has 3 nitrogen and oxygen atoms in total. The van der Waals surface area contributed by atoms with Crippen molar-refractivity contribution in [3.05, 3.63) is 0 Å². The maximum atomic E-state index is 5.63. The number of unbranched alkanes of at least 4 members (excludes halogenated alkanes) is 2. The third-order valence-electron chi connectivity index (χ3n) is 7.14. The van der Waals surface area contributed by atoms with E-state index in [1.165, 1.54) is 77.0 Å². The summed E-state index contributed by atoms with van der Waals surface area (Å²) in [5.41, 5.74) is 0. The van der Waals surface area contributed by atoms with E-state index in [-0.39, 0.29) is 0 Å². The molecule has 2 rings (SSSR count). The van der Waals surface area contributed by atoms with Gasteiger partial charge in [-0.25, -0.2) is 0 Å². The van der Waals surface area contributed by atoms with E-state index in [0.29, 0.717) is 0 Å². The van der Waals surface area contributed by atoms with Crippen LogP contribution in [0.15, 0.2) is 0 Å². The number of hydrogen-bond donors (Lipinski definition) is 0. The first-order valence-corrected chi connectivity index (χ1v) is 12.7. The van der Waals surface area contributed by atoms with E-state index in [9.17, 15) is 0 Å². The molecule has 0 aromatic carbocycles. The molecular weight excluding hydrogens is 328 g/mol. The van der Waals surface area contributed by atoms with Crippen LogP contribution < -0.4 is 0 Å². The van der Waals surface area contributed by atoms with Crippen molar-refractivity contribution in [2.75, 3.05) is 21.3 Å². The van der Waals surface area contributed by atoms with Gasteiger partial charge < -0.3 is 13.3 Å². The lowest BCUT2D eigenvalue weighted by molar-refractivity contribution is 0.105. The second-order valence-electron chi connectivity index (χ2n) is 8.56. The highest BCUT2D eigenvalue weighted by molar-refractivity contribution is 6.60. The molecule has 2 saturated carbocycles. The maximum absolute atomic E-state index is 5.63. The Morgan fingerprint density at radius 1 is 0.680 bits per heavy atom. The fourth-order valence-corrected chi connectivity index (χ4v) is 7.46. The molecule has 0 unspecified atom stereocenters. The largest absolute Gasteiger partial charge is 0.500 e. The Bertz CT molecular complexity index is 335. The van der Waals surface area contributed by atoms with E-state index in [1.807, 2.05) is 0 Å². The zero-order chi connectivity index (χ0) is 18.1. The molecule has 4 heteroatoms. The lowest BCUT2D eigenvalue weighted by Crippen LogP contribution is -2.45. The summed E-state index contributed by atoms with van der Waals surface area (Å²) in [5, 5.41) is 0. The Morgan fingerprint density at radius 2 is 1.16 bits per heavy atom. The zero-order valence-electron chi connectivity index (χ0n) is 17.2. The molecule has 0 radical (unpaired) electrons. The van der Waals surface area contributed by atoms with Gasteiger partial charge >= 0.3 is 8.80 Å². The average Bonchev–Trinajstić information content (AvgIpc) is 2.68. The van der Waals surface area contributed by atoms with E-state index < -0.39 is 8.80 Å². The van der Waals surface area contributed by atoms with Crippen LogP contribution in [0, 0.1) is 23.7 Å². The van der Waals surface area contributed by atoms with Crippen LogP contribution in [-0.4, -0.2) is 30.1 Å². The average molecular weight is 371 g/mol. The molecule has 0 N–H and O–H groups in total. The zero-order valence-corrected chi connectivity index (χ0v) is 18.2. The number of rotatable bonds is 10. The molecule has 2 aliphatic carbocycles. The molecule has 0 saturated heterocycles. The summed E-state index contributed by atoms with van der Waals surface area (Å²) in [7, 11) is 2.83. The van der Waals surface area contributed by atoms with E-state index in [1.54, 1.807) is 21.3 Å². The minimum absolute atomic E-state index is 0.730. The van der Waals surface area contributed by atoms with Crippen LogP contribution >= 0.6 is 0 Å². The highest BCUT2D eigenvalue weighted by atomic mass is 28.4. The second-order valence-corrected chi connectivity index (χ2v) is 11.6. The van der Waals surface area contributed by atoms with E-state index in [4.69, 9.17) is 13.3 Å². The molecule has 25 heavy (non-hydrogen) atoms. The summed E-state index contributed by atoms with van der Waals surface area (Å²) in [5.74, 6) is 3.76. The summed E-state index contributed by atoms with van der Waals surface area (Å²) in [6.07, 6.45) is 17.2. The SMILES string of the molecule is CCCCCC1CCC(C2CCC(C[Si](OC)(OC)OC)CC2)CC1. The fraction of sp³-hybridized carbons (Fsp3) is 1.00. The molecule has 2 aliphatic rings. The smallest absolute Gasteiger partial charge is 0.377 e. The van der Waals surface area contributed by atoms with Gasteiger partial charge in [-0.1, -0.05) is 58.3 Å². The van der Waals surface area contributed by atoms with Crippen LogP contribution in [0.3, 0.4) is 0 Å². The summed E-state index contributed by atoms with van der Waals surface area (Å²) in [6.45, 7) is 2.31. The number of hydrogen-bond acceptors (Lipinski definition) is 3. The normalized spacial score (nSPS) is 31.2. The fourth-order valence-electron chi connectivity index (χ4n) is 5.35. The van der Waals surface area contributed by atoms with Gasteiger partial charge in [-0.3, -0.25) is 0 Å². The Morgan fingerprint density at radius 3 is 1.60 bits per heavy atom. The predicted molar refractivity (Wildman–Crippen MR) is 107 cm³/mol. The Kier molecular flexibility index (Phi) is 9.46. The van der Waals surface area contributed by atoms with Crippen molar-refractivity contribution in [1.29, 1.82) is 0 Å². The lowest BCUT2D eigenvalue weighted by Gasteiger charge is -2.39. The summed E-state index contributed by atoms with van der Waals surface area (Å²) < 4.78 is 16.9. The van der Waals surface area contributed by atoms with Crippen LogP contribution in [0.5, 0.6) is 0 Å². The molecule has 0 aromatic heterocycles. The molecule has 2 fully saturated rings. The van der Waals surface area contributed by atoms with Gasteiger partial charge in [0.15, 0.2) is 0 Å². The summed E-state index contributed by atoms with van der Waals surface area (Å²) in [4.78, 5) is 0. The monoisotopic (exact) mass is 370 g/mol. The van der Waals surface area contributed by atoms with Crippen molar-refractivity contribution in [2.45, 2.75) is 90.0 Å². The minimum Gasteiger partial charge on any atom is -0.377 e. The second kappa shape index (κ2) is 11.1. The van der Waals surface area contributed by atoms with Crippen molar-refractivity contribution in [3.63, 3.8) is 0 Å². The van der Waals surface area contributed by atoms with Crippen molar-refractivity contribution in [3.8, 4) is 0 Å². The Balaban J connectivity index is 1.69. The van der Waals surface area contributed by atoms with Crippen molar-refractivity contribution < 1.29 is 13.3 Å². The van der Waals surface area contributed by atoms with Crippen molar-refractivity contribution in [1.82, 2.24) is 0 Å². The molecule has 0 spiro atoms. The molecule has 0 atom stereocenters. The summed E-state index contributed by atoms with van der Waals surface area (Å²) >= 11 is 0. The molecule has 0 heterocycles. The molecule has 0 amide bonds. The van der Waals surface area contributed by atoms with Crippen molar-refractivity contribution in [2.24, 2.45) is 23.7 Å². The van der Waals surface area contributed by atoms with Gasteiger partial charge in [0.1, 0.15) is 0 Å². The topological polar surface area (TPSA) is 27.7 Å². The third-order valence-corrected chi connectivity index (χ3v) is 10.1. The molecule has 0 bridgehead atoms. The highest BCUT2D eigenvalue weighted by Crippen LogP contribution is 2.43. The van der Waals surface area contributed by atoms with Crippen LogP contribution in [0.25, 0.3) is 0 Å². The summed E-state index contributed by atoms with van der Waals surface area (Å²) in [6, 6.07) is 0.993. The minimum atomic E-state index is -2.39. The third kappa shape index (κ3) is 6.33. The van der Waals surface area contributed by atoms with E-state index in [0.717, 1.165) is 29.7 Å². The van der Waals surface area contributed by atoms with Gasteiger partial charge in [-0.15, -0.1) is 0 Å². The van der Waals surface area contributed by atoms with Gasteiger partial charge in [0.25, 0.3) is 0 Å². The first-order valence-electron chi connectivity index (χ1n) is 10.8. The van der Waals surface area contributed by atoms with Gasteiger partial charge in [0, 0.05) is 27.4 Å². The highest BCUT2D eigenvalue weighted by Gasteiger charge is 2.42. The van der Waals surface area contributed by atoms with Gasteiger partial charge in [0.2, 0.25) is 0 Å². The van der Waals surface area contributed by atoms with Crippen LogP contribution in [-0.2, 0) is 13.3 Å². The van der Waals surface area contributed by atoms with Crippen LogP contribution in [0.1, 0.15) is 84.0 Å². The van der Waals surface area contributed by atoms with Crippen LogP contribution in [0.2, 0.25) is 6.04 Å². The van der Waals surface area contributed by atoms with Crippen molar-refractivity contribution >= 4 is 8.80 Å². The quantitative estimate of drug-likeness (QED) is 0.346. The molecule has 148 valence electrons. The van der Waals surface area contributed by atoms with Gasteiger partial charge in [-0.2, -0.15) is 0 Å². The Hall–Kier alpha value is 0.0969. The standard InChI is InChI=1S/C21H42O3Si/c1-5-6-7-8-18-9-13-20(14-10-18)21-15-11-19(12-16-21)17-25(22-2,23-3)24-4/h18-21H,5-17H2,1-4H3. The van der Waals surface area contributed by atoms with Crippen LogP contribution in [0.4, 0.5) is 0 Å². The van der Waals surface area contributed by atoms with E-state index >= 15 is 0 Å². The molecule has 0 aromatic rings. The van der Waals surface area contributed by atoms with Gasteiger partial charge in [-0.05, 0) is 49.4 Å². The molecule has 0 aliphatic heterocycles. The lowest BCUT2D eigenvalue weighted by atomic mass is 9.69. The first kappa shape index (κ1) is 21.4. The molecular formula is C21H42O3Si. The Labute approximate surface area is 157 Å². The van der Waals surface area contributed by atoms with Gasteiger partial charge in [0.05, 0.1) is 0 Å². The maximum Gasteiger partial charge on any atom is 0.500 e. The first-order chi connectivity index (χ1) is 12.2.